The highest BCUT2D eigenvalue weighted by atomic mass is 35.5. The summed E-state index contributed by atoms with van der Waals surface area (Å²) in [5, 5.41) is 3.08. The molecule has 2 nitrogen and oxygen atoms in total. The molecule has 0 fully saturated rings. The van der Waals surface area contributed by atoms with Gasteiger partial charge in [-0.25, -0.2) is 13.2 Å². The number of halogens is 4. The predicted octanol–water partition coefficient (Wildman–Crippen LogP) is 4.44. The standard InChI is InChI=1S/C14H13ClF3NO/c1-2-5-19-14(11-3-4-12(15)20-11)13-9(17)6-8(16)7-10(13)18/h3-4,6-7,14,19H,2,5H2,1H3. The first-order valence-corrected chi connectivity index (χ1v) is 6.53. The fourth-order valence-corrected chi connectivity index (χ4v) is 2.10. The van der Waals surface area contributed by atoms with E-state index in [-0.39, 0.29) is 16.5 Å². The maximum Gasteiger partial charge on any atom is 0.193 e. The summed E-state index contributed by atoms with van der Waals surface area (Å²) in [6, 6.07) is 3.44. The molecule has 20 heavy (non-hydrogen) atoms. The summed E-state index contributed by atoms with van der Waals surface area (Å²) in [4.78, 5) is 0. The second kappa shape index (κ2) is 6.33. The second-order valence-electron chi connectivity index (χ2n) is 4.31. The molecular formula is C14H13ClF3NO. The van der Waals surface area contributed by atoms with Gasteiger partial charge in [-0.2, -0.15) is 0 Å². The van der Waals surface area contributed by atoms with Crippen molar-refractivity contribution >= 4 is 11.6 Å². The van der Waals surface area contributed by atoms with E-state index in [1.165, 1.54) is 12.1 Å². The van der Waals surface area contributed by atoms with Crippen LogP contribution in [-0.2, 0) is 0 Å². The maximum absolute atomic E-state index is 13.9. The van der Waals surface area contributed by atoms with Crippen molar-refractivity contribution < 1.29 is 17.6 Å². The van der Waals surface area contributed by atoms with Crippen molar-refractivity contribution in [1.82, 2.24) is 5.32 Å². The van der Waals surface area contributed by atoms with E-state index in [2.05, 4.69) is 5.32 Å². The van der Waals surface area contributed by atoms with Crippen LogP contribution in [0.15, 0.2) is 28.7 Å². The lowest BCUT2D eigenvalue weighted by Gasteiger charge is -2.18. The monoisotopic (exact) mass is 303 g/mol. The highest BCUT2D eigenvalue weighted by Crippen LogP contribution is 2.30. The smallest absolute Gasteiger partial charge is 0.193 e. The van der Waals surface area contributed by atoms with Crippen LogP contribution >= 0.6 is 11.6 Å². The molecular weight excluding hydrogens is 291 g/mol. The van der Waals surface area contributed by atoms with Crippen molar-refractivity contribution in [2.75, 3.05) is 6.54 Å². The number of rotatable bonds is 5. The van der Waals surface area contributed by atoms with Gasteiger partial charge in [0.05, 0.1) is 6.04 Å². The van der Waals surface area contributed by atoms with Gasteiger partial charge >= 0.3 is 0 Å². The van der Waals surface area contributed by atoms with Crippen molar-refractivity contribution in [3.8, 4) is 0 Å². The minimum absolute atomic E-state index is 0.117. The van der Waals surface area contributed by atoms with Gasteiger partial charge in [0.25, 0.3) is 0 Å². The Labute approximate surface area is 119 Å². The summed E-state index contributed by atoms with van der Waals surface area (Å²) in [6.07, 6.45) is 0.759. The Morgan fingerprint density at radius 3 is 2.35 bits per heavy atom. The van der Waals surface area contributed by atoms with Crippen molar-refractivity contribution in [1.29, 1.82) is 0 Å². The molecule has 1 heterocycles. The summed E-state index contributed by atoms with van der Waals surface area (Å²) >= 11 is 5.69. The molecule has 0 saturated carbocycles. The van der Waals surface area contributed by atoms with Gasteiger partial charge in [-0.05, 0) is 36.7 Å². The van der Waals surface area contributed by atoms with Crippen LogP contribution in [-0.4, -0.2) is 6.54 Å². The Balaban J connectivity index is 2.46. The summed E-state index contributed by atoms with van der Waals surface area (Å²) < 4.78 is 46.0. The minimum atomic E-state index is -0.969. The van der Waals surface area contributed by atoms with E-state index in [4.69, 9.17) is 16.0 Å². The molecule has 1 atom stereocenters. The normalized spacial score (nSPS) is 12.7. The second-order valence-corrected chi connectivity index (χ2v) is 4.68. The summed E-state index contributed by atoms with van der Waals surface area (Å²) in [6.45, 7) is 2.43. The third kappa shape index (κ3) is 3.16. The zero-order valence-electron chi connectivity index (χ0n) is 10.7. The predicted molar refractivity (Wildman–Crippen MR) is 70.2 cm³/mol. The van der Waals surface area contributed by atoms with Crippen LogP contribution in [0.2, 0.25) is 5.22 Å². The Morgan fingerprint density at radius 1 is 1.20 bits per heavy atom. The van der Waals surface area contributed by atoms with Crippen molar-refractivity contribution in [2.45, 2.75) is 19.4 Å². The van der Waals surface area contributed by atoms with Crippen molar-refractivity contribution in [3.63, 3.8) is 0 Å². The fraction of sp³-hybridized carbons (Fsp3) is 0.286. The van der Waals surface area contributed by atoms with Crippen LogP contribution in [0.3, 0.4) is 0 Å². The largest absolute Gasteiger partial charge is 0.448 e. The third-order valence-electron chi connectivity index (χ3n) is 2.81. The molecule has 1 aromatic heterocycles. The Hall–Kier alpha value is -1.46. The van der Waals surface area contributed by atoms with Gasteiger partial charge in [-0.1, -0.05) is 6.92 Å². The maximum atomic E-state index is 13.9. The van der Waals surface area contributed by atoms with E-state index in [9.17, 15) is 13.2 Å². The van der Waals surface area contributed by atoms with Crippen molar-refractivity contribution in [2.24, 2.45) is 0 Å². The molecule has 1 N–H and O–H groups in total. The van der Waals surface area contributed by atoms with E-state index in [0.29, 0.717) is 18.7 Å². The number of furan rings is 1. The van der Waals surface area contributed by atoms with Crippen LogP contribution < -0.4 is 5.32 Å². The summed E-state index contributed by atoms with van der Waals surface area (Å²) in [5.74, 6) is -2.63. The fourth-order valence-electron chi connectivity index (χ4n) is 1.95. The topological polar surface area (TPSA) is 25.2 Å². The first-order valence-electron chi connectivity index (χ1n) is 6.16. The number of hydrogen-bond donors (Lipinski definition) is 1. The van der Waals surface area contributed by atoms with E-state index in [1.54, 1.807) is 0 Å². The van der Waals surface area contributed by atoms with Crippen LogP contribution in [0.25, 0.3) is 0 Å². The van der Waals surface area contributed by atoms with Gasteiger partial charge in [0.15, 0.2) is 5.22 Å². The molecule has 0 spiro atoms. The van der Waals surface area contributed by atoms with E-state index in [0.717, 1.165) is 6.42 Å². The molecule has 6 heteroatoms. The van der Waals surface area contributed by atoms with Crippen LogP contribution in [0.1, 0.15) is 30.7 Å². The Bertz CT molecular complexity index is 577. The van der Waals surface area contributed by atoms with Gasteiger partial charge in [0.2, 0.25) is 0 Å². The highest BCUT2D eigenvalue weighted by molar-refractivity contribution is 6.28. The number of nitrogens with one attached hydrogen (secondary N) is 1. The zero-order valence-corrected chi connectivity index (χ0v) is 11.5. The number of hydrogen-bond acceptors (Lipinski definition) is 2. The zero-order chi connectivity index (χ0) is 14.7. The average Bonchev–Trinajstić information content (AvgIpc) is 2.78. The number of benzene rings is 1. The molecule has 1 unspecified atom stereocenters. The van der Waals surface area contributed by atoms with Gasteiger partial charge in [0.1, 0.15) is 23.2 Å². The molecule has 2 rings (SSSR count). The Kier molecular flexibility index (Phi) is 4.73. The minimum Gasteiger partial charge on any atom is -0.448 e. The van der Waals surface area contributed by atoms with Gasteiger partial charge in [-0.15, -0.1) is 0 Å². The SMILES string of the molecule is CCCNC(c1ccc(Cl)o1)c1c(F)cc(F)cc1F. The molecule has 1 aromatic carbocycles. The average molecular weight is 304 g/mol. The van der Waals surface area contributed by atoms with Crippen LogP contribution in [0.5, 0.6) is 0 Å². The lowest BCUT2D eigenvalue weighted by Crippen LogP contribution is -2.25. The van der Waals surface area contributed by atoms with Gasteiger partial charge in [-0.3, -0.25) is 0 Å². The van der Waals surface area contributed by atoms with E-state index < -0.39 is 23.5 Å². The van der Waals surface area contributed by atoms with E-state index >= 15 is 0 Å². The van der Waals surface area contributed by atoms with Crippen LogP contribution in [0.4, 0.5) is 13.2 Å². The first kappa shape index (κ1) is 14.9. The lowest BCUT2D eigenvalue weighted by molar-refractivity contribution is 0.420. The quantitative estimate of drug-likeness (QED) is 0.883. The Morgan fingerprint density at radius 2 is 1.85 bits per heavy atom. The van der Waals surface area contributed by atoms with E-state index in [1.807, 2.05) is 6.92 Å². The lowest BCUT2D eigenvalue weighted by atomic mass is 10.0. The molecule has 0 aliphatic carbocycles. The molecule has 0 saturated heterocycles. The molecule has 0 amide bonds. The summed E-state index contributed by atoms with van der Waals surface area (Å²) in [7, 11) is 0. The third-order valence-corrected chi connectivity index (χ3v) is 3.01. The molecule has 0 radical (unpaired) electrons. The molecule has 0 aliphatic rings. The molecule has 2 aromatic rings. The van der Waals surface area contributed by atoms with Crippen LogP contribution in [0, 0.1) is 17.5 Å². The van der Waals surface area contributed by atoms with Crippen molar-refractivity contribution in [3.05, 3.63) is 58.3 Å². The first-order chi connectivity index (χ1) is 9.52. The van der Waals surface area contributed by atoms with Gasteiger partial charge < -0.3 is 9.73 Å². The van der Waals surface area contributed by atoms with Gasteiger partial charge in [0, 0.05) is 17.7 Å². The molecule has 108 valence electrons. The summed E-state index contributed by atoms with van der Waals surface area (Å²) in [5.41, 5.74) is -0.286. The highest BCUT2D eigenvalue weighted by Gasteiger charge is 2.25. The molecule has 0 bridgehead atoms. The molecule has 0 aliphatic heterocycles.